The van der Waals surface area contributed by atoms with E-state index in [1.54, 1.807) is 12.1 Å². The molecule has 0 saturated carbocycles. The van der Waals surface area contributed by atoms with Crippen LogP contribution in [0.15, 0.2) is 41.3 Å². The fourth-order valence-corrected chi connectivity index (χ4v) is 3.86. The van der Waals surface area contributed by atoms with Crippen molar-refractivity contribution in [2.75, 3.05) is 53.2 Å². The minimum atomic E-state index is -3.63. The Kier molecular flexibility index (Phi) is 6.05. The predicted molar refractivity (Wildman–Crippen MR) is 104 cm³/mol. The summed E-state index contributed by atoms with van der Waals surface area (Å²) in [4.78, 5) is 4.77. The third-order valence-corrected chi connectivity index (χ3v) is 5.32. The molecule has 0 saturated heterocycles. The normalized spacial score (nSPS) is 12.5. The van der Waals surface area contributed by atoms with Crippen molar-refractivity contribution in [2.24, 2.45) is 0 Å². The number of quaternary nitrogens is 1. The van der Waals surface area contributed by atoms with E-state index in [2.05, 4.69) is 31.4 Å². The van der Waals surface area contributed by atoms with E-state index in [0.717, 1.165) is 28.5 Å². The first-order valence-corrected chi connectivity index (χ1v) is 9.84. The quantitative estimate of drug-likeness (QED) is 0.425. The Morgan fingerprint density at radius 3 is 2.28 bits per heavy atom. The second-order valence-electron chi connectivity index (χ2n) is 7.42. The Balaban J connectivity index is 2.18. The van der Waals surface area contributed by atoms with E-state index in [9.17, 15) is 8.42 Å². The molecule has 0 aliphatic carbocycles. The molecule has 0 radical (unpaired) electrons. The maximum Gasteiger partial charge on any atom is 0.253 e. The minimum Gasteiger partial charge on any atom is -0.377 e. The molecule has 0 unspecified atom stereocenters. The number of fused-ring (bicyclic) bond motifs is 1. The van der Waals surface area contributed by atoms with Crippen molar-refractivity contribution in [3.63, 3.8) is 0 Å². The summed E-state index contributed by atoms with van der Waals surface area (Å²) in [5.74, 6) is 0. The van der Waals surface area contributed by atoms with E-state index in [0.29, 0.717) is 11.9 Å². The molecule has 0 aliphatic heterocycles. The lowest BCUT2D eigenvalue weighted by Gasteiger charge is -2.23. The van der Waals surface area contributed by atoms with Gasteiger partial charge in [0.25, 0.3) is 10.0 Å². The van der Waals surface area contributed by atoms with E-state index in [-0.39, 0.29) is 4.90 Å². The van der Waals surface area contributed by atoms with Crippen LogP contribution < -0.4 is 15.2 Å². The molecule has 0 spiro atoms. The van der Waals surface area contributed by atoms with Crippen LogP contribution in [0.1, 0.15) is 6.42 Å². The molecule has 0 bridgehead atoms. The Morgan fingerprint density at radius 2 is 1.64 bits per heavy atom. The number of hydrogen-bond donors (Lipinski definition) is 2. The van der Waals surface area contributed by atoms with Crippen LogP contribution in [-0.2, 0) is 10.0 Å². The zero-order chi connectivity index (χ0) is 18.7. The van der Waals surface area contributed by atoms with Gasteiger partial charge in [-0.05, 0) is 12.1 Å². The highest BCUT2D eigenvalue weighted by Crippen LogP contribution is 2.29. The molecule has 2 N–H and O–H groups in total. The number of sulfonamides is 1. The van der Waals surface area contributed by atoms with Gasteiger partial charge in [0.2, 0.25) is 0 Å². The Labute approximate surface area is 151 Å². The second-order valence-corrected chi connectivity index (χ2v) is 9.07. The van der Waals surface area contributed by atoms with Crippen molar-refractivity contribution >= 4 is 26.5 Å². The lowest BCUT2D eigenvalue weighted by molar-refractivity contribution is -0.870. The zero-order valence-corrected chi connectivity index (χ0v) is 16.5. The molecule has 2 aromatic rings. The maximum atomic E-state index is 12.7. The fraction of sp³-hybridized carbons (Fsp3) is 0.444. The van der Waals surface area contributed by atoms with Crippen molar-refractivity contribution in [1.82, 2.24) is 10.3 Å². The lowest BCUT2D eigenvalue weighted by Crippen LogP contribution is -2.41. The van der Waals surface area contributed by atoms with Crippen LogP contribution in [-0.4, -0.2) is 61.2 Å². The first-order valence-electron chi connectivity index (χ1n) is 8.36. The summed E-state index contributed by atoms with van der Waals surface area (Å²) in [5, 5.41) is 1.63. The lowest BCUT2D eigenvalue weighted by atomic mass is 10.1. The van der Waals surface area contributed by atoms with Gasteiger partial charge < -0.3 is 9.38 Å². The van der Waals surface area contributed by atoms with E-state index >= 15 is 0 Å². The first kappa shape index (κ1) is 19.7. The van der Waals surface area contributed by atoms with Gasteiger partial charge in [0.15, 0.2) is 0 Å². The molecule has 138 valence electrons. The predicted octanol–water partition coefficient (Wildman–Crippen LogP) is 1.79. The van der Waals surface area contributed by atoms with Crippen molar-refractivity contribution in [3.8, 4) is 0 Å². The average molecular weight is 366 g/mol. The van der Waals surface area contributed by atoms with Crippen molar-refractivity contribution in [2.45, 2.75) is 11.3 Å². The van der Waals surface area contributed by atoms with Crippen molar-refractivity contribution in [1.29, 1.82) is 0 Å². The molecule has 0 heterocycles. The molecular formula is C18H29N4O2S+. The van der Waals surface area contributed by atoms with Crippen LogP contribution >= 0.6 is 0 Å². The molecule has 2 aromatic carbocycles. The van der Waals surface area contributed by atoms with Gasteiger partial charge in [-0.15, -0.1) is 4.83 Å². The largest absolute Gasteiger partial charge is 0.377 e. The third kappa shape index (κ3) is 5.15. The van der Waals surface area contributed by atoms with Gasteiger partial charge in [0.05, 0.1) is 32.6 Å². The number of nitrogens with zero attached hydrogens (tertiary/aromatic N) is 2. The number of hydrazine groups is 1. The van der Waals surface area contributed by atoms with E-state index in [1.807, 2.05) is 43.3 Å². The molecule has 0 aliphatic rings. The molecule has 0 atom stereocenters. The van der Waals surface area contributed by atoms with Crippen LogP contribution in [0.3, 0.4) is 0 Å². The second kappa shape index (κ2) is 7.70. The number of hydrogen-bond acceptors (Lipinski definition) is 4. The molecule has 25 heavy (non-hydrogen) atoms. The van der Waals surface area contributed by atoms with Crippen LogP contribution in [0.25, 0.3) is 10.8 Å². The topological polar surface area (TPSA) is 61.4 Å². The van der Waals surface area contributed by atoms with E-state index in [1.165, 1.54) is 0 Å². The number of rotatable bonds is 8. The van der Waals surface area contributed by atoms with E-state index < -0.39 is 10.0 Å². The molecule has 2 rings (SSSR count). The van der Waals surface area contributed by atoms with Crippen LogP contribution in [0, 0.1) is 0 Å². The highest BCUT2D eigenvalue weighted by Gasteiger charge is 2.18. The molecule has 0 aromatic heterocycles. The standard InChI is InChI=1S/C18H29N4O2S/c1-21(2)17-11-6-10-16-15(17)9-7-12-18(16)25(23,24)20-19-13-8-14-22(3,4)5/h6-7,9-12,19-20H,8,13-14H2,1-5H3/q+1. The first-order chi connectivity index (χ1) is 11.6. The molecule has 6 nitrogen and oxygen atoms in total. The van der Waals surface area contributed by atoms with Gasteiger partial charge in [-0.3, -0.25) is 0 Å². The summed E-state index contributed by atoms with van der Waals surface area (Å²) >= 11 is 0. The van der Waals surface area contributed by atoms with E-state index in [4.69, 9.17) is 0 Å². The molecule has 0 amide bonds. The third-order valence-electron chi connectivity index (χ3n) is 3.97. The van der Waals surface area contributed by atoms with Gasteiger partial charge in [0.1, 0.15) is 0 Å². The molecule has 7 heteroatoms. The highest BCUT2D eigenvalue weighted by molar-refractivity contribution is 7.89. The summed E-state index contributed by atoms with van der Waals surface area (Å²) in [6.07, 6.45) is 0.881. The number of anilines is 1. The SMILES string of the molecule is CN(C)c1cccc2c(S(=O)(=O)NNCCC[N+](C)(C)C)cccc12. The smallest absolute Gasteiger partial charge is 0.253 e. The van der Waals surface area contributed by atoms with Crippen LogP contribution in [0.2, 0.25) is 0 Å². The summed E-state index contributed by atoms with van der Waals surface area (Å²) in [7, 11) is 6.61. The zero-order valence-electron chi connectivity index (χ0n) is 15.7. The Bertz CT molecular complexity index is 827. The summed E-state index contributed by atoms with van der Waals surface area (Å²) < 4.78 is 26.2. The number of benzene rings is 2. The Hall–Kier alpha value is -1.67. The van der Waals surface area contributed by atoms with Crippen molar-refractivity contribution in [3.05, 3.63) is 36.4 Å². The highest BCUT2D eigenvalue weighted by atomic mass is 32.2. The minimum absolute atomic E-state index is 0.285. The van der Waals surface area contributed by atoms with Gasteiger partial charge in [-0.1, -0.05) is 24.3 Å². The van der Waals surface area contributed by atoms with Gasteiger partial charge in [-0.2, -0.15) is 0 Å². The average Bonchev–Trinajstić information content (AvgIpc) is 2.52. The summed E-state index contributed by atoms with van der Waals surface area (Å²) in [6.45, 7) is 1.55. The van der Waals surface area contributed by atoms with Crippen molar-refractivity contribution < 1.29 is 12.9 Å². The maximum absolute atomic E-state index is 12.7. The van der Waals surface area contributed by atoms with Gasteiger partial charge >= 0.3 is 0 Å². The monoisotopic (exact) mass is 365 g/mol. The fourth-order valence-electron chi connectivity index (χ4n) is 2.73. The summed E-state index contributed by atoms with van der Waals surface area (Å²) in [6, 6.07) is 11.1. The van der Waals surface area contributed by atoms with Crippen LogP contribution in [0.4, 0.5) is 5.69 Å². The van der Waals surface area contributed by atoms with Gasteiger partial charge in [-0.25, -0.2) is 13.8 Å². The Morgan fingerprint density at radius 1 is 1.00 bits per heavy atom. The van der Waals surface area contributed by atoms with Gasteiger partial charge in [0, 0.05) is 43.5 Å². The molecule has 0 fully saturated rings. The van der Waals surface area contributed by atoms with Crippen LogP contribution in [0.5, 0.6) is 0 Å². The molecular weight excluding hydrogens is 336 g/mol. The number of nitrogens with one attached hydrogen (secondary N) is 2. The summed E-state index contributed by atoms with van der Waals surface area (Å²) in [5.41, 5.74) is 3.83.